The van der Waals surface area contributed by atoms with Gasteiger partial charge in [-0.2, -0.15) is 0 Å². The molecule has 3 aromatic rings. The Morgan fingerprint density at radius 2 is 1.65 bits per heavy atom. The molecule has 2 aromatic carbocycles. The van der Waals surface area contributed by atoms with E-state index in [4.69, 9.17) is 16.3 Å². The lowest BCUT2D eigenvalue weighted by molar-refractivity contribution is -0.120. The van der Waals surface area contributed by atoms with Crippen LogP contribution in [0.2, 0.25) is 5.02 Å². The molecule has 1 aliphatic heterocycles. The van der Waals surface area contributed by atoms with Crippen LogP contribution in [-0.4, -0.2) is 74.7 Å². The van der Waals surface area contributed by atoms with Crippen molar-refractivity contribution in [3.05, 3.63) is 87.6 Å². The molecule has 1 unspecified atom stereocenters. The third-order valence-electron chi connectivity index (χ3n) is 10.1. The summed E-state index contributed by atoms with van der Waals surface area (Å²) < 4.78 is 5.63. The number of thiophene rings is 1. The molecule has 0 N–H and O–H groups in total. The van der Waals surface area contributed by atoms with E-state index in [1.54, 1.807) is 7.11 Å². The van der Waals surface area contributed by atoms with Crippen molar-refractivity contribution in [2.24, 2.45) is 5.92 Å². The van der Waals surface area contributed by atoms with Crippen LogP contribution in [0.3, 0.4) is 0 Å². The highest BCUT2D eigenvalue weighted by atomic mass is 35.5. The highest BCUT2D eigenvalue weighted by Gasteiger charge is 2.46. The standard InChI is InChI=1S/C22H30N2O2S.C17H26ClN/c1-3-21(25)24(19-8-5-4-6-9-19)22(18-26-2)12-15-23(16-13-22)14-11-20-10-7-17-27-20;1-13(2)12-16(19(3)4)17(10-5-11-17)14-6-8-15(18)9-7-14/h4-10,17H,3,11-16,18H2,1-2H3;6-9,13,16H,5,10-12H2,1-4H3. The molecule has 1 amide bonds. The molecule has 1 aromatic heterocycles. The van der Waals surface area contributed by atoms with Crippen molar-refractivity contribution in [3.8, 4) is 0 Å². The van der Waals surface area contributed by atoms with Crippen molar-refractivity contribution in [3.63, 3.8) is 0 Å². The maximum absolute atomic E-state index is 12.9. The van der Waals surface area contributed by atoms with E-state index in [9.17, 15) is 4.79 Å². The Morgan fingerprint density at radius 1 is 0.978 bits per heavy atom. The first-order valence-corrected chi connectivity index (χ1v) is 18.4. The minimum atomic E-state index is -0.261. The summed E-state index contributed by atoms with van der Waals surface area (Å²) in [6.45, 7) is 10.2. The largest absolute Gasteiger partial charge is 0.382 e. The zero-order valence-electron chi connectivity index (χ0n) is 29.0. The van der Waals surface area contributed by atoms with Gasteiger partial charge in [-0.25, -0.2) is 0 Å². The molecule has 0 bridgehead atoms. The van der Waals surface area contributed by atoms with Crippen LogP contribution in [-0.2, 0) is 21.4 Å². The molecular formula is C39H56ClN3O2S. The number of hydrogen-bond acceptors (Lipinski definition) is 5. The Labute approximate surface area is 287 Å². The molecule has 2 fully saturated rings. The summed E-state index contributed by atoms with van der Waals surface area (Å²) in [5, 5.41) is 2.98. The number of methoxy groups -OCH3 is 1. The normalized spacial score (nSPS) is 18.0. The highest BCUT2D eigenvalue weighted by molar-refractivity contribution is 7.09. The number of hydrogen-bond donors (Lipinski definition) is 0. The van der Waals surface area contributed by atoms with Gasteiger partial charge in [-0.05, 0) is 99.8 Å². The summed E-state index contributed by atoms with van der Waals surface area (Å²) in [4.78, 5) is 21.3. The van der Waals surface area contributed by atoms with Crippen molar-refractivity contribution in [2.75, 3.05) is 52.3 Å². The number of amides is 1. The fourth-order valence-electron chi connectivity index (χ4n) is 7.57. The summed E-state index contributed by atoms with van der Waals surface area (Å²) >= 11 is 7.87. The first kappa shape index (κ1) is 36.6. The SMILES string of the molecule is CC(C)CC(N(C)C)C1(c2ccc(Cl)cc2)CCC1.CCC(=O)N(c1ccccc1)C1(COC)CCN(CCc2cccs2)CC1. The van der Waals surface area contributed by atoms with Crippen LogP contribution < -0.4 is 4.90 Å². The number of piperidine rings is 1. The monoisotopic (exact) mass is 665 g/mol. The lowest BCUT2D eigenvalue weighted by Gasteiger charge is -2.51. The topological polar surface area (TPSA) is 36.0 Å². The lowest BCUT2D eigenvalue weighted by atomic mass is 9.58. The predicted molar refractivity (Wildman–Crippen MR) is 196 cm³/mol. The number of halogens is 1. The molecule has 2 aliphatic rings. The van der Waals surface area contributed by atoms with Crippen LogP contribution in [0.1, 0.15) is 76.2 Å². The molecule has 46 heavy (non-hydrogen) atoms. The second kappa shape index (κ2) is 17.3. The predicted octanol–water partition coefficient (Wildman–Crippen LogP) is 8.95. The Morgan fingerprint density at radius 3 is 2.15 bits per heavy atom. The van der Waals surface area contributed by atoms with Gasteiger partial charge >= 0.3 is 0 Å². The number of rotatable bonds is 13. The first-order valence-electron chi connectivity index (χ1n) is 17.2. The van der Waals surface area contributed by atoms with Crippen LogP contribution in [0, 0.1) is 5.92 Å². The van der Waals surface area contributed by atoms with Gasteiger partial charge in [-0.15, -0.1) is 11.3 Å². The molecule has 7 heteroatoms. The molecule has 2 heterocycles. The maximum Gasteiger partial charge on any atom is 0.227 e. The minimum Gasteiger partial charge on any atom is -0.382 e. The third-order valence-corrected chi connectivity index (χ3v) is 11.3. The molecular weight excluding hydrogens is 610 g/mol. The Bertz CT molecular complexity index is 1300. The van der Waals surface area contributed by atoms with E-state index in [2.05, 4.69) is 67.4 Å². The van der Waals surface area contributed by atoms with E-state index >= 15 is 0 Å². The van der Waals surface area contributed by atoms with Crippen LogP contribution in [0.5, 0.6) is 0 Å². The number of nitrogens with zero attached hydrogens (tertiary/aromatic N) is 3. The van der Waals surface area contributed by atoms with Crippen molar-refractivity contribution in [1.82, 2.24) is 9.80 Å². The summed E-state index contributed by atoms with van der Waals surface area (Å²) in [6, 6.07) is 23.6. The summed E-state index contributed by atoms with van der Waals surface area (Å²) in [7, 11) is 6.19. The Kier molecular flexibility index (Phi) is 13.7. The van der Waals surface area contributed by atoms with Crippen molar-refractivity contribution < 1.29 is 9.53 Å². The summed E-state index contributed by atoms with van der Waals surface area (Å²) in [5.74, 6) is 0.905. The molecule has 0 spiro atoms. The average molecular weight is 666 g/mol. The first-order chi connectivity index (χ1) is 22.1. The smallest absolute Gasteiger partial charge is 0.227 e. The molecule has 1 aliphatic carbocycles. The molecule has 252 valence electrons. The van der Waals surface area contributed by atoms with E-state index < -0.39 is 0 Å². The molecule has 0 radical (unpaired) electrons. The van der Waals surface area contributed by atoms with Gasteiger partial charge in [0.1, 0.15) is 0 Å². The van der Waals surface area contributed by atoms with Gasteiger partial charge in [-0.3, -0.25) is 4.79 Å². The fraction of sp³-hybridized carbons (Fsp3) is 0.564. The van der Waals surface area contributed by atoms with E-state index in [1.165, 1.54) is 36.1 Å². The van der Waals surface area contributed by atoms with Crippen molar-refractivity contribution in [1.29, 1.82) is 0 Å². The van der Waals surface area contributed by atoms with E-state index in [-0.39, 0.29) is 11.4 Å². The van der Waals surface area contributed by atoms with Crippen LogP contribution in [0.25, 0.3) is 0 Å². The lowest BCUT2D eigenvalue weighted by Crippen LogP contribution is -2.60. The third kappa shape index (κ3) is 9.02. The van der Waals surface area contributed by atoms with Gasteiger partial charge < -0.3 is 19.4 Å². The van der Waals surface area contributed by atoms with Gasteiger partial charge in [0.2, 0.25) is 5.91 Å². The Hall–Kier alpha value is -2.22. The number of para-hydroxylation sites is 1. The second-order valence-corrected chi connectivity index (χ2v) is 15.3. The van der Waals surface area contributed by atoms with Crippen LogP contribution in [0.4, 0.5) is 5.69 Å². The van der Waals surface area contributed by atoms with Crippen molar-refractivity contribution >= 4 is 34.5 Å². The summed E-state index contributed by atoms with van der Waals surface area (Å²) in [6.07, 6.45) is 8.71. The number of carbonyl (C=O) groups excluding carboxylic acids is 1. The number of likely N-dealkylation sites (tertiary alicyclic amines) is 1. The van der Waals surface area contributed by atoms with E-state index in [0.717, 1.165) is 55.5 Å². The molecule has 5 rings (SSSR count). The average Bonchev–Trinajstić information content (AvgIpc) is 3.55. The molecule has 1 atom stereocenters. The fourth-order valence-corrected chi connectivity index (χ4v) is 8.39. The van der Waals surface area contributed by atoms with Crippen LogP contribution in [0.15, 0.2) is 72.1 Å². The van der Waals surface area contributed by atoms with Gasteiger partial charge in [0, 0.05) is 60.2 Å². The molecule has 5 nitrogen and oxygen atoms in total. The van der Waals surface area contributed by atoms with E-state index in [0.29, 0.717) is 24.5 Å². The zero-order valence-corrected chi connectivity index (χ0v) is 30.6. The quantitative estimate of drug-likeness (QED) is 0.183. The number of carbonyl (C=O) groups is 1. The number of benzene rings is 2. The van der Waals surface area contributed by atoms with Gasteiger partial charge in [0.15, 0.2) is 0 Å². The molecule has 1 saturated heterocycles. The van der Waals surface area contributed by atoms with Crippen LogP contribution >= 0.6 is 22.9 Å². The molecule has 1 saturated carbocycles. The summed E-state index contributed by atoms with van der Waals surface area (Å²) in [5.41, 5.74) is 2.54. The van der Waals surface area contributed by atoms with Gasteiger partial charge in [0.05, 0.1) is 12.1 Å². The van der Waals surface area contributed by atoms with Gasteiger partial charge in [0.25, 0.3) is 0 Å². The number of ether oxygens (including phenoxy) is 1. The number of likely N-dealkylation sites (N-methyl/N-ethyl adjacent to an activating group) is 1. The minimum absolute atomic E-state index is 0.172. The Balaban J connectivity index is 0.000000222. The number of anilines is 1. The second-order valence-electron chi connectivity index (χ2n) is 13.9. The van der Waals surface area contributed by atoms with Gasteiger partial charge in [-0.1, -0.05) is 75.2 Å². The van der Waals surface area contributed by atoms with E-state index in [1.807, 2.05) is 65.6 Å². The van der Waals surface area contributed by atoms with Crippen molar-refractivity contribution in [2.45, 2.75) is 89.1 Å². The zero-order chi connectivity index (χ0) is 33.2. The highest BCUT2D eigenvalue weighted by Crippen LogP contribution is 2.49. The maximum atomic E-state index is 12.9.